The third kappa shape index (κ3) is 3.48. The molecule has 1 amide bonds. The molecule has 1 heterocycles. The van der Waals surface area contributed by atoms with Crippen molar-refractivity contribution < 1.29 is 18.0 Å². The highest BCUT2D eigenvalue weighted by molar-refractivity contribution is 6.06. The van der Waals surface area contributed by atoms with Gasteiger partial charge in [0.25, 0.3) is 5.91 Å². The van der Waals surface area contributed by atoms with Crippen molar-refractivity contribution in [1.29, 1.82) is 0 Å². The van der Waals surface area contributed by atoms with Crippen LogP contribution in [0.2, 0.25) is 0 Å². The molecule has 1 aromatic rings. The molecule has 5 heteroatoms. The molecular formula is C18H22F3NO. The quantitative estimate of drug-likeness (QED) is 0.715. The monoisotopic (exact) mass is 325 g/mol. The van der Waals surface area contributed by atoms with Crippen molar-refractivity contribution in [3.05, 3.63) is 35.4 Å². The lowest BCUT2D eigenvalue weighted by atomic mass is 9.78. The summed E-state index contributed by atoms with van der Waals surface area (Å²) in [6, 6.07) is 5.63. The molecular weight excluding hydrogens is 303 g/mol. The zero-order chi connectivity index (χ0) is 17.3. The Balaban J connectivity index is 2.20. The van der Waals surface area contributed by atoms with E-state index in [0.717, 1.165) is 11.8 Å². The number of benzene rings is 1. The van der Waals surface area contributed by atoms with Gasteiger partial charge in [-0.2, -0.15) is 13.2 Å². The summed E-state index contributed by atoms with van der Waals surface area (Å²) in [4.78, 5) is 16.3. The van der Waals surface area contributed by atoms with Crippen LogP contribution in [0.25, 0.3) is 0 Å². The van der Waals surface area contributed by atoms with Gasteiger partial charge in [0.15, 0.2) is 0 Å². The number of nitrogens with zero attached hydrogens (tertiary/aromatic N) is 1. The van der Waals surface area contributed by atoms with Crippen molar-refractivity contribution in [2.24, 2.45) is 10.4 Å². The molecule has 1 aliphatic heterocycles. The summed E-state index contributed by atoms with van der Waals surface area (Å²) in [6.07, 6.45) is -1.99. The van der Waals surface area contributed by atoms with Gasteiger partial charge >= 0.3 is 6.18 Å². The van der Waals surface area contributed by atoms with E-state index in [-0.39, 0.29) is 17.4 Å². The Bertz CT molecular complexity index is 615. The molecule has 2 nitrogen and oxygen atoms in total. The molecule has 0 saturated carbocycles. The molecule has 0 bridgehead atoms. The summed E-state index contributed by atoms with van der Waals surface area (Å²) in [7, 11) is 0. The number of aliphatic imine (C=N–C) groups is 1. The first kappa shape index (κ1) is 17.7. The average Bonchev–Trinajstić information content (AvgIpc) is 2.82. The predicted molar refractivity (Wildman–Crippen MR) is 84.6 cm³/mol. The van der Waals surface area contributed by atoms with Gasteiger partial charge in [0.1, 0.15) is 0 Å². The highest BCUT2D eigenvalue weighted by Crippen LogP contribution is 2.41. The highest BCUT2D eigenvalue weighted by atomic mass is 19.4. The minimum Gasteiger partial charge on any atom is -0.272 e. The van der Waals surface area contributed by atoms with Crippen LogP contribution in [0.5, 0.6) is 0 Å². The Morgan fingerprint density at radius 1 is 1.22 bits per heavy atom. The molecule has 2 rings (SSSR count). The van der Waals surface area contributed by atoms with E-state index >= 15 is 0 Å². The lowest BCUT2D eigenvalue weighted by Crippen LogP contribution is -2.25. The summed E-state index contributed by atoms with van der Waals surface area (Å²) in [5, 5.41) is 0. The fourth-order valence-electron chi connectivity index (χ4n) is 3.34. The molecule has 0 fully saturated rings. The van der Waals surface area contributed by atoms with Gasteiger partial charge in [0, 0.05) is 12.1 Å². The number of rotatable bonds is 5. The Kier molecular flexibility index (Phi) is 4.97. The Morgan fingerprint density at radius 3 is 2.35 bits per heavy atom. The van der Waals surface area contributed by atoms with Gasteiger partial charge in [-0.05, 0) is 36.8 Å². The minimum absolute atomic E-state index is 0.117. The van der Waals surface area contributed by atoms with E-state index in [1.165, 1.54) is 12.1 Å². The van der Waals surface area contributed by atoms with Gasteiger partial charge in [-0.25, -0.2) is 4.99 Å². The molecule has 126 valence electrons. The number of amides is 1. The van der Waals surface area contributed by atoms with Crippen molar-refractivity contribution >= 4 is 11.6 Å². The smallest absolute Gasteiger partial charge is 0.272 e. The van der Waals surface area contributed by atoms with Crippen LogP contribution >= 0.6 is 0 Å². The molecule has 0 unspecified atom stereocenters. The van der Waals surface area contributed by atoms with E-state index < -0.39 is 17.2 Å². The summed E-state index contributed by atoms with van der Waals surface area (Å²) >= 11 is 0. The minimum atomic E-state index is -4.37. The molecule has 0 N–H and O–H groups in total. The van der Waals surface area contributed by atoms with Gasteiger partial charge in [-0.3, -0.25) is 4.79 Å². The van der Waals surface area contributed by atoms with E-state index in [1.807, 2.05) is 13.8 Å². The predicted octanol–water partition coefficient (Wildman–Crippen LogP) is 5.38. The zero-order valence-corrected chi connectivity index (χ0v) is 13.7. The molecule has 0 radical (unpaired) electrons. The molecule has 1 atom stereocenters. The maximum absolute atomic E-state index is 13.1. The fraction of sp³-hybridized carbons (Fsp3) is 0.556. The normalized spacial score (nSPS) is 18.9. The second kappa shape index (κ2) is 6.46. The van der Waals surface area contributed by atoms with Gasteiger partial charge in [-0.1, -0.05) is 39.0 Å². The van der Waals surface area contributed by atoms with Crippen LogP contribution in [-0.2, 0) is 11.0 Å². The first-order valence-electron chi connectivity index (χ1n) is 8.00. The first-order valence-corrected chi connectivity index (χ1v) is 8.00. The Morgan fingerprint density at radius 2 is 1.83 bits per heavy atom. The largest absolute Gasteiger partial charge is 0.416 e. The fourth-order valence-corrected chi connectivity index (χ4v) is 3.34. The summed E-state index contributed by atoms with van der Waals surface area (Å²) < 4.78 is 39.4. The Labute approximate surface area is 134 Å². The van der Waals surface area contributed by atoms with E-state index in [9.17, 15) is 18.0 Å². The summed E-state index contributed by atoms with van der Waals surface area (Å²) in [5.74, 6) is -0.447. The lowest BCUT2D eigenvalue weighted by Gasteiger charge is -2.23. The number of hydrogen-bond acceptors (Lipinski definition) is 1. The van der Waals surface area contributed by atoms with Crippen molar-refractivity contribution in [3.63, 3.8) is 0 Å². The molecule has 0 aromatic heterocycles. The van der Waals surface area contributed by atoms with E-state index in [0.29, 0.717) is 25.7 Å². The second-order valence-corrected chi connectivity index (χ2v) is 6.34. The molecule has 0 aliphatic carbocycles. The lowest BCUT2D eigenvalue weighted by molar-refractivity contribution is -0.138. The van der Waals surface area contributed by atoms with Crippen molar-refractivity contribution in [2.75, 3.05) is 0 Å². The number of carbonyl (C=O) groups is 1. The van der Waals surface area contributed by atoms with Crippen LogP contribution < -0.4 is 0 Å². The van der Waals surface area contributed by atoms with Crippen LogP contribution in [0.3, 0.4) is 0 Å². The number of hydrogen-bond donors (Lipinski definition) is 0. The van der Waals surface area contributed by atoms with Crippen molar-refractivity contribution in [2.45, 2.75) is 58.5 Å². The topological polar surface area (TPSA) is 29.4 Å². The summed E-state index contributed by atoms with van der Waals surface area (Å²) in [5.41, 5.74) is -0.0583. The molecule has 0 saturated heterocycles. The maximum atomic E-state index is 13.1. The summed E-state index contributed by atoms with van der Waals surface area (Å²) in [6.45, 7) is 5.68. The van der Waals surface area contributed by atoms with Crippen LogP contribution in [0.4, 0.5) is 13.2 Å². The standard InChI is InChI=1S/C18H22F3NO/c1-4-17(5-2)11-13(22-16(17)23)10-12(3)14-8-6-7-9-15(14)18(19,20)21/h6-9,12H,4-5,10-11H2,1-3H3/t12-/m1/s1. The second-order valence-electron chi connectivity index (χ2n) is 6.34. The average molecular weight is 325 g/mol. The van der Waals surface area contributed by atoms with Crippen molar-refractivity contribution in [3.8, 4) is 0 Å². The third-order valence-corrected chi connectivity index (χ3v) is 4.95. The molecule has 0 spiro atoms. The highest BCUT2D eigenvalue weighted by Gasteiger charge is 2.41. The molecule has 1 aromatic carbocycles. The van der Waals surface area contributed by atoms with Gasteiger partial charge < -0.3 is 0 Å². The number of carbonyl (C=O) groups excluding carboxylic acids is 1. The Hall–Kier alpha value is -1.65. The number of alkyl halides is 3. The van der Waals surface area contributed by atoms with Crippen LogP contribution in [-0.4, -0.2) is 11.6 Å². The van der Waals surface area contributed by atoms with E-state index in [4.69, 9.17) is 0 Å². The zero-order valence-electron chi connectivity index (χ0n) is 13.7. The molecule has 1 aliphatic rings. The van der Waals surface area contributed by atoms with Gasteiger partial charge in [0.05, 0.1) is 11.0 Å². The van der Waals surface area contributed by atoms with E-state index in [2.05, 4.69) is 4.99 Å². The number of halogens is 3. The van der Waals surface area contributed by atoms with Gasteiger partial charge in [0.2, 0.25) is 0 Å². The first-order chi connectivity index (χ1) is 10.7. The maximum Gasteiger partial charge on any atom is 0.416 e. The van der Waals surface area contributed by atoms with Crippen LogP contribution in [0, 0.1) is 5.41 Å². The van der Waals surface area contributed by atoms with E-state index in [1.54, 1.807) is 13.0 Å². The van der Waals surface area contributed by atoms with Crippen LogP contribution in [0.1, 0.15) is 63.5 Å². The third-order valence-electron chi connectivity index (χ3n) is 4.95. The SMILES string of the molecule is CCC1(CC)CC(C[C@@H](C)c2ccccc2C(F)(F)F)=NC1=O. The van der Waals surface area contributed by atoms with Crippen molar-refractivity contribution in [1.82, 2.24) is 0 Å². The van der Waals surface area contributed by atoms with Gasteiger partial charge in [-0.15, -0.1) is 0 Å². The van der Waals surface area contributed by atoms with Crippen LogP contribution in [0.15, 0.2) is 29.3 Å². The molecule has 23 heavy (non-hydrogen) atoms.